The number of anilines is 1. The number of carbonyl (C=O) groups excluding carboxylic acids is 1. The minimum Gasteiger partial charge on any atom is -0.497 e. The van der Waals surface area contributed by atoms with E-state index >= 15 is 0 Å². The van der Waals surface area contributed by atoms with Crippen LogP contribution in [0.25, 0.3) is 0 Å². The molecule has 0 radical (unpaired) electrons. The van der Waals surface area contributed by atoms with Gasteiger partial charge in [-0.1, -0.05) is 18.2 Å². The van der Waals surface area contributed by atoms with Crippen LogP contribution >= 0.6 is 0 Å². The number of methoxy groups -OCH3 is 1. The van der Waals surface area contributed by atoms with E-state index in [9.17, 15) is 4.79 Å². The third-order valence-electron chi connectivity index (χ3n) is 5.03. The second-order valence-corrected chi connectivity index (χ2v) is 6.97. The van der Waals surface area contributed by atoms with Crippen LogP contribution in [0.15, 0.2) is 42.5 Å². The lowest BCUT2D eigenvalue weighted by Gasteiger charge is -2.37. The molecule has 6 heteroatoms. The average molecular weight is 383 g/mol. The minimum atomic E-state index is -0.0283. The van der Waals surface area contributed by atoms with Crippen molar-refractivity contribution < 1.29 is 14.3 Å². The molecule has 3 rings (SSSR count). The molecular weight excluding hydrogens is 354 g/mol. The summed E-state index contributed by atoms with van der Waals surface area (Å²) in [6.45, 7) is 8.33. The maximum Gasteiger partial charge on any atom is 0.317 e. The highest BCUT2D eigenvalue weighted by molar-refractivity contribution is 5.74. The number of hydrogen-bond acceptors (Lipinski definition) is 4. The zero-order valence-corrected chi connectivity index (χ0v) is 16.9. The molecule has 0 spiro atoms. The molecule has 6 nitrogen and oxygen atoms in total. The second kappa shape index (κ2) is 9.35. The third-order valence-corrected chi connectivity index (χ3v) is 5.03. The second-order valence-electron chi connectivity index (χ2n) is 6.97. The molecule has 1 fully saturated rings. The van der Waals surface area contributed by atoms with Crippen molar-refractivity contribution in [2.75, 3.05) is 51.3 Å². The summed E-state index contributed by atoms with van der Waals surface area (Å²) in [4.78, 5) is 16.6. The normalized spacial score (nSPS) is 14.0. The van der Waals surface area contributed by atoms with Gasteiger partial charge in [0.1, 0.15) is 18.1 Å². The predicted octanol–water partition coefficient (Wildman–Crippen LogP) is 3.22. The van der Waals surface area contributed by atoms with Gasteiger partial charge in [-0.05, 0) is 49.2 Å². The zero-order valence-electron chi connectivity index (χ0n) is 16.9. The molecule has 2 aromatic rings. The Bertz CT molecular complexity index is 764. The van der Waals surface area contributed by atoms with E-state index in [0.717, 1.165) is 37.7 Å². The predicted molar refractivity (Wildman–Crippen MR) is 112 cm³/mol. The van der Waals surface area contributed by atoms with Crippen LogP contribution in [0.2, 0.25) is 0 Å². The number of para-hydroxylation sites is 1. The molecular formula is C22H29N3O3. The highest BCUT2D eigenvalue weighted by atomic mass is 16.5. The molecule has 2 aromatic carbocycles. The van der Waals surface area contributed by atoms with E-state index in [1.807, 2.05) is 29.2 Å². The number of benzene rings is 2. The number of rotatable bonds is 6. The maximum absolute atomic E-state index is 12.4. The Morgan fingerprint density at radius 1 is 0.964 bits per heavy atom. The molecule has 150 valence electrons. The Kier molecular flexibility index (Phi) is 6.63. The summed E-state index contributed by atoms with van der Waals surface area (Å²) in [6.07, 6.45) is 0. The van der Waals surface area contributed by atoms with Crippen molar-refractivity contribution in [3.8, 4) is 11.5 Å². The summed E-state index contributed by atoms with van der Waals surface area (Å²) in [5.41, 5.74) is 3.87. The quantitative estimate of drug-likeness (QED) is 0.778. The van der Waals surface area contributed by atoms with Crippen molar-refractivity contribution in [2.45, 2.75) is 13.8 Å². The number of urea groups is 1. The number of hydrogen-bond donors (Lipinski definition) is 1. The van der Waals surface area contributed by atoms with Crippen LogP contribution in [-0.2, 0) is 0 Å². The fourth-order valence-corrected chi connectivity index (χ4v) is 3.55. The molecule has 0 unspecified atom stereocenters. The lowest BCUT2D eigenvalue weighted by molar-refractivity contribution is 0.191. The molecule has 0 aromatic heterocycles. The summed E-state index contributed by atoms with van der Waals surface area (Å²) in [6, 6.07) is 13.8. The Labute approximate surface area is 167 Å². The van der Waals surface area contributed by atoms with E-state index in [4.69, 9.17) is 9.47 Å². The first-order valence-electron chi connectivity index (χ1n) is 9.69. The van der Waals surface area contributed by atoms with Crippen LogP contribution in [0.4, 0.5) is 10.5 Å². The first-order chi connectivity index (χ1) is 13.6. The van der Waals surface area contributed by atoms with Gasteiger partial charge in [0, 0.05) is 31.9 Å². The van der Waals surface area contributed by atoms with Crippen LogP contribution in [0.5, 0.6) is 11.5 Å². The van der Waals surface area contributed by atoms with Gasteiger partial charge in [-0.2, -0.15) is 0 Å². The maximum atomic E-state index is 12.4. The highest BCUT2D eigenvalue weighted by Crippen LogP contribution is 2.25. The van der Waals surface area contributed by atoms with Crippen LogP contribution in [0.3, 0.4) is 0 Å². The van der Waals surface area contributed by atoms with Gasteiger partial charge in [-0.3, -0.25) is 0 Å². The van der Waals surface area contributed by atoms with Gasteiger partial charge >= 0.3 is 6.03 Å². The number of amides is 2. The van der Waals surface area contributed by atoms with E-state index < -0.39 is 0 Å². The number of aryl methyl sites for hydroxylation is 2. The van der Waals surface area contributed by atoms with E-state index in [1.54, 1.807) is 7.11 Å². The van der Waals surface area contributed by atoms with E-state index in [-0.39, 0.29) is 6.03 Å². The van der Waals surface area contributed by atoms with Crippen molar-refractivity contribution in [1.29, 1.82) is 0 Å². The van der Waals surface area contributed by atoms with Crippen LogP contribution in [0.1, 0.15) is 11.1 Å². The van der Waals surface area contributed by atoms with Gasteiger partial charge in [0.2, 0.25) is 0 Å². The average Bonchev–Trinajstić information content (AvgIpc) is 2.72. The Morgan fingerprint density at radius 2 is 1.57 bits per heavy atom. The van der Waals surface area contributed by atoms with Gasteiger partial charge in [-0.25, -0.2) is 4.79 Å². The van der Waals surface area contributed by atoms with E-state index in [0.29, 0.717) is 13.2 Å². The molecule has 1 N–H and O–H groups in total. The summed E-state index contributed by atoms with van der Waals surface area (Å²) in [5, 5.41) is 2.94. The number of piperazine rings is 1. The number of ether oxygens (including phenoxy) is 2. The van der Waals surface area contributed by atoms with Crippen molar-refractivity contribution in [3.63, 3.8) is 0 Å². The van der Waals surface area contributed by atoms with Gasteiger partial charge in [0.05, 0.1) is 13.7 Å². The first-order valence-corrected chi connectivity index (χ1v) is 9.69. The Hall–Kier alpha value is -2.89. The monoisotopic (exact) mass is 383 g/mol. The topological polar surface area (TPSA) is 54.0 Å². The SMILES string of the molecule is COc1ccc(OCCNC(=O)N2CCN(c3c(C)cccc3C)CC2)cc1. The standard InChI is InChI=1S/C22H29N3O3/c1-17-5-4-6-18(2)21(17)24-12-14-25(15-13-24)22(26)23-11-16-28-20-9-7-19(27-3)8-10-20/h4-10H,11-16H2,1-3H3,(H,23,26). The van der Waals surface area contributed by atoms with Gasteiger partial charge < -0.3 is 24.6 Å². The summed E-state index contributed by atoms with van der Waals surface area (Å²) < 4.78 is 10.8. The Morgan fingerprint density at radius 3 is 2.18 bits per heavy atom. The Balaban J connectivity index is 1.40. The fourth-order valence-electron chi connectivity index (χ4n) is 3.55. The van der Waals surface area contributed by atoms with Gasteiger partial charge in [-0.15, -0.1) is 0 Å². The number of carbonyl (C=O) groups is 1. The number of nitrogens with zero attached hydrogens (tertiary/aromatic N) is 2. The minimum absolute atomic E-state index is 0.0283. The van der Waals surface area contributed by atoms with Crippen molar-refractivity contribution >= 4 is 11.7 Å². The third kappa shape index (κ3) is 4.88. The largest absolute Gasteiger partial charge is 0.497 e. The van der Waals surface area contributed by atoms with Crippen LogP contribution in [0, 0.1) is 13.8 Å². The van der Waals surface area contributed by atoms with Gasteiger partial charge in [0.15, 0.2) is 0 Å². The lowest BCUT2D eigenvalue weighted by atomic mass is 10.1. The molecule has 0 bridgehead atoms. The van der Waals surface area contributed by atoms with Crippen molar-refractivity contribution in [2.24, 2.45) is 0 Å². The van der Waals surface area contributed by atoms with Crippen LogP contribution in [-0.4, -0.2) is 57.4 Å². The molecule has 1 aliphatic rings. The summed E-state index contributed by atoms with van der Waals surface area (Å²) in [7, 11) is 1.63. The molecule has 1 heterocycles. The summed E-state index contributed by atoms with van der Waals surface area (Å²) >= 11 is 0. The first kappa shape index (κ1) is 19.9. The zero-order chi connectivity index (χ0) is 19.9. The van der Waals surface area contributed by atoms with Crippen molar-refractivity contribution in [1.82, 2.24) is 10.2 Å². The summed E-state index contributed by atoms with van der Waals surface area (Å²) in [5.74, 6) is 1.55. The van der Waals surface area contributed by atoms with Crippen molar-refractivity contribution in [3.05, 3.63) is 53.6 Å². The molecule has 1 saturated heterocycles. The number of nitrogens with one attached hydrogen (secondary N) is 1. The van der Waals surface area contributed by atoms with E-state index in [2.05, 4.69) is 42.3 Å². The lowest BCUT2D eigenvalue weighted by Crippen LogP contribution is -2.52. The molecule has 0 aliphatic carbocycles. The molecule has 28 heavy (non-hydrogen) atoms. The smallest absolute Gasteiger partial charge is 0.317 e. The molecule has 2 amide bonds. The van der Waals surface area contributed by atoms with Crippen LogP contribution < -0.4 is 19.7 Å². The fraction of sp³-hybridized carbons (Fsp3) is 0.409. The molecule has 0 saturated carbocycles. The highest BCUT2D eigenvalue weighted by Gasteiger charge is 2.22. The molecule has 0 atom stereocenters. The van der Waals surface area contributed by atoms with Gasteiger partial charge in [0.25, 0.3) is 0 Å². The molecule has 1 aliphatic heterocycles. The van der Waals surface area contributed by atoms with E-state index in [1.165, 1.54) is 16.8 Å².